The zero-order valence-electron chi connectivity index (χ0n) is 22.1. The van der Waals surface area contributed by atoms with Crippen LogP contribution in [-0.4, -0.2) is 54.9 Å². The van der Waals surface area contributed by atoms with Crippen LogP contribution in [0.25, 0.3) is 22.9 Å². The molecule has 4 aromatic heterocycles. The first-order chi connectivity index (χ1) is 18.3. The molecule has 0 bridgehead atoms. The minimum atomic E-state index is -1.16. The molecule has 5 heterocycles. The van der Waals surface area contributed by atoms with Crippen LogP contribution in [0.5, 0.6) is 5.88 Å². The Balaban J connectivity index is 1.20. The van der Waals surface area contributed by atoms with Crippen molar-refractivity contribution in [3.8, 4) is 17.1 Å². The minimum Gasteiger partial charge on any atom is -0.481 e. The molecule has 0 saturated carbocycles. The Bertz CT molecular complexity index is 1500. The van der Waals surface area contributed by atoms with Crippen molar-refractivity contribution < 1.29 is 9.13 Å². The Kier molecular flexibility index (Phi) is 5.97. The van der Waals surface area contributed by atoms with E-state index in [4.69, 9.17) is 9.72 Å². The highest BCUT2D eigenvalue weighted by Gasteiger charge is 2.36. The fourth-order valence-corrected chi connectivity index (χ4v) is 5.37. The summed E-state index contributed by atoms with van der Waals surface area (Å²) in [6.45, 7) is 7.54. The topological polar surface area (TPSA) is 97.6 Å². The molecule has 1 atom stereocenters. The largest absolute Gasteiger partial charge is 0.481 e. The molecule has 38 heavy (non-hydrogen) atoms. The Morgan fingerprint density at radius 3 is 2.61 bits per heavy atom. The van der Waals surface area contributed by atoms with Crippen LogP contribution in [0, 0.1) is 6.92 Å². The van der Waals surface area contributed by atoms with E-state index >= 15 is 0 Å². The van der Waals surface area contributed by atoms with E-state index in [-0.39, 0.29) is 5.41 Å². The molecule has 1 aliphatic carbocycles. The minimum absolute atomic E-state index is 0.0751. The molecule has 4 aromatic rings. The number of hydrogen-bond donors (Lipinski definition) is 1. The number of alkyl halides is 1. The first-order valence-electron chi connectivity index (χ1n) is 12.9. The van der Waals surface area contributed by atoms with E-state index in [2.05, 4.69) is 49.9 Å². The number of ether oxygens (including phenoxy) is 1. The highest BCUT2D eigenvalue weighted by Crippen LogP contribution is 2.40. The van der Waals surface area contributed by atoms with Crippen LogP contribution in [-0.2, 0) is 11.8 Å². The molecule has 9 nitrogen and oxygen atoms in total. The number of aromatic amines is 1. The van der Waals surface area contributed by atoms with E-state index in [0.717, 1.165) is 76.9 Å². The second-order valence-electron chi connectivity index (χ2n) is 10.4. The monoisotopic (exact) mass is 514 g/mol. The molecular formula is C28H31FN8O. The van der Waals surface area contributed by atoms with Gasteiger partial charge in [0.05, 0.1) is 24.7 Å². The lowest BCUT2D eigenvalue weighted by Crippen LogP contribution is -2.42. The van der Waals surface area contributed by atoms with Crippen molar-refractivity contribution in [2.24, 2.45) is 0 Å². The van der Waals surface area contributed by atoms with Crippen molar-refractivity contribution in [1.82, 2.24) is 34.7 Å². The normalized spacial score (nSPS) is 17.3. The first-order valence-corrected chi connectivity index (χ1v) is 12.9. The second kappa shape index (κ2) is 9.34. The van der Waals surface area contributed by atoms with Gasteiger partial charge in [0.2, 0.25) is 5.88 Å². The molecule has 1 N–H and O–H groups in total. The van der Waals surface area contributed by atoms with E-state index in [0.29, 0.717) is 12.3 Å². The average molecular weight is 515 g/mol. The lowest BCUT2D eigenvalue weighted by atomic mass is 9.79. The van der Waals surface area contributed by atoms with Crippen molar-refractivity contribution in [1.29, 1.82) is 0 Å². The number of aromatic nitrogens is 7. The molecule has 1 unspecified atom stereocenters. The summed E-state index contributed by atoms with van der Waals surface area (Å²) in [7, 11) is 1.61. The van der Waals surface area contributed by atoms with Gasteiger partial charge in [-0.05, 0) is 44.4 Å². The van der Waals surface area contributed by atoms with E-state index in [1.165, 1.54) is 11.6 Å². The summed E-state index contributed by atoms with van der Waals surface area (Å²) in [5, 5.41) is 4.15. The first kappa shape index (κ1) is 24.3. The maximum absolute atomic E-state index is 13.7. The fraction of sp³-hybridized carbons (Fsp3) is 0.393. The highest BCUT2D eigenvalue weighted by molar-refractivity contribution is 5.90. The highest BCUT2D eigenvalue weighted by atomic mass is 19.1. The number of rotatable bonds is 6. The predicted molar refractivity (Wildman–Crippen MR) is 144 cm³/mol. The summed E-state index contributed by atoms with van der Waals surface area (Å²) < 4.78 is 20.2. The zero-order chi connectivity index (χ0) is 26.4. The number of piperidine rings is 1. The smallest absolute Gasteiger partial charge is 0.212 e. The summed E-state index contributed by atoms with van der Waals surface area (Å²) in [4.78, 5) is 24.5. The van der Waals surface area contributed by atoms with Gasteiger partial charge < -0.3 is 14.6 Å². The molecule has 1 fully saturated rings. The molecule has 10 heteroatoms. The van der Waals surface area contributed by atoms with Crippen LogP contribution in [0.4, 0.5) is 10.2 Å². The van der Waals surface area contributed by atoms with E-state index in [1.807, 2.05) is 12.1 Å². The van der Waals surface area contributed by atoms with Gasteiger partial charge in [-0.15, -0.1) is 0 Å². The Morgan fingerprint density at radius 2 is 1.92 bits per heavy atom. The van der Waals surface area contributed by atoms with Gasteiger partial charge >= 0.3 is 0 Å². The van der Waals surface area contributed by atoms with Gasteiger partial charge in [-0.3, -0.25) is 0 Å². The quantitative estimate of drug-likeness (QED) is 0.390. The molecule has 6 rings (SSSR count). The number of pyridine rings is 1. The third-order valence-corrected chi connectivity index (χ3v) is 7.80. The Morgan fingerprint density at radius 1 is 1.11 bits per heavy atom. The number of anilines is 1. The van der Waals surface area contributed by atoms with E-state index in [9.17, 15) is 4.39 Å². The van der Waals surface area contributed by atoms with Crippen molar-refractivity contribution in [3.63, 3.8) is 0 Å². The van der Waals surface area contributed by atoms with Gasteiger partial charge in [-0.1, -0.05) is 6.92 Å². The lowest BCUT2D eigenvalue weighted by molar-refractivity contribution is 0.245. The lowest BCUT2D eigenvalue weighted by Gasteiger charge is -2.39. The van der Waals surface area contributed by atoms with Crippen molar-refractivity contribution in [2.75, 3.05) is 25.1 Å². The SMILES string of the molecule is COc1ccc(-c2nc(C3(C)CCN(c4ncnc5c4C=C(c4cnn(C(C)F)c4)C5)CC3)[nH]c2C)cn1. The molecule has 1 saturated heterocycles. The number of imidazole rings is 1. The fourth-order valence-electron chi connectivity index (χ4n) is 5.37. The Hall–Kier alpha value is -4.08. The van der Waals surface area contributed by atoms with Crippen LogP contribution in [0.15, 0.2) is 37.1 Å². The molecular weight excluding hydrogens is 483 g/mol. The van der Waals surface area contributed by atoms with Gasteiger partial charge in [0.15, 0.2) is 6.30 Å². The maximum Gasteiger partial charge on any atom is 0.212 e. The van der Waals surface area contributed by atoms with E-state index < -0.39 is 6.30 Å². The van der Waals surface area contributed by atoms with Crippen LogP contribution in [0.2, 0.25) is 0 Å². The second-order valence-corrected chi connectivity index (χ2v) is 10.4. The molecule has 0 amide bonds. The summed E-state index contributed by atoms with van der Waals surface area (Å²) in [5.74, 6) is 2.55. The van der Waals surface area contributed by atoms with Crippen LogP contribution >= 0.6 is 0 Å². The number of fused-ring (bicyclic) bond motifs is 1. The van der Waals surface area contributed by atoms with Crippen molar-refractivity contribution in [3.05, 3.63) is 65.4 Å². The van der Waals surface area contributed by atoms with Crippen LogP contribution < -0.4 is 9.64 Å². The predicted octanol–water partition coefficient (Wildman–Crippen LogP) is 4.92. The molecule has 0 spiro atoms. The van der Waals surface area contributed by atoms with Gasteiger partial charge in [0, 0.05) is 65.8 Å². The number of nitrogens with zero attached hydrogens (tertiary/aromatic N) is 7. The maximum atomic E-state index is 13.7. The number of H-pyrrole nitrogens is 1. The zero-order valence-corrected chi connectivity index (χ0v) is 22.1. The summed E-state index contributed by atoms with van der Waals surface area (Å²) in [6, 6.07) is 3.85. The van der Waals surface area contributed by atoms with Gasteiger partial charge in [-0.2, -0.15) is 5.10 Å². The van der Waals surface area contributed by atoms with Crippen LogP contribution in [0.3, 0.4) is 0 Å². The molecule has 196 valence electrons. The van der Waals surface area contributed by atoms with Gasteiger partial charge in [-0.25, -0.2) is 29.0 Å². The third kappa shape index (κ3) is 4.23. The number of nitrogens with one attached hydrogen (secondary N) is 1. The summed E-state index contributed by atoms with van der Waals surface area (Å²) in [6.07, 6.45) is 10.5. The molecule has 0 radical (unpaired) electrons. The summed E-state index contributed by atoms with van der Waals surface area (Å²) in [5.41, 5.74) is 6.91. The number of aryl methyl sites for hydroxylation is 1. The molecule has 1 aliphatic heterocycles. The summed E-state index contributed by atoms with van der Waals surface area (Å²) >= 11 is 0. The van der Waals surface area contributed by atoms with Crippen molar-refractivity contribution in [2.45, 2.75) is 51.7 Å². The molecule has 2 aliphatic rings. The number of halogens is 1. The number of allylic oxidation sites excluding steroid dienone is 1. The number of hydrogen-bond acceptors (Lipinski definition) is 7. The van der Waals surface area contributed by atoms with Crippen molar-refractivity contribution >= 4 is 17.5 Å². The average Bonchev–Trinajstić information content (AvgIpc) is 3.67. The third-order valence-electron chi connectivity index (χ3n) is 7.80. The van der Waals surface area contributed by atoms with Gasteiger partial charge in [0.1, 0.15) is 18.0 Å². The Labute approximate surface area is 220 Å². The van der Waals surface area contributed by atoms with Gasteiger partial charge in [0.25, 0.3) is 0 Å². The number of methoxy groups -OCH3 is 1. The molecule has 0 aromatic carbocycles. The standard InChI is InChI=1S/C28H31FN8O/c1-17-25(19-5-6-24(38-4)30-13-19)35-27(34-17)28(3)7-9-36(10-8-28)26-22-11-20(12-23(22)31-16-32-26)21-14-33-37(15-21)18(2)29/h5-6,11,13-16,18H,7-10,12H2,1-4H3,(H,34,35). The van der Waals surface area contributed by atoms with Crippen LogP contribution in [0.1, 0.15) is 61.3 Å². The van der Waals surface area contributed by atoms with E-state index in [1.54, 1.807) is 32.0 Å².